The standard InChI is InChI=1S/C23H26N4O2/c1-15-10-9-13-20(16(15)2)24-21(28)14-26(5)23(29)22-17(3)25-27(18(22)4)19-11-7-6-8-12-19/h6-13H,14H2,1-5H3,(H,24,28). The molecular weight excluding hydrogens is 364 g/mol. The summed E-state index contributed by atoms with van der Waals surface area (Å²) in [6.45, 7) is 7.59. The molecule has 2 aromatic carbocycles. The van der Waals surface area contributed by atoms with Crippen LogP contribution >= 0.6 is 0 Å². The van der Waals surface area contributed by atoms with Crippen molar-refractivity contribution in [2.24, 2.45) is 0 Å². The molecule has 0 unspecified atom stereocenters. The molecule has 29 heavy (non-hydrogen) atoms. The van der Waals surface area contributed by atoms with Crippen LogP contribution in [0.15, 0.2) is 48.5 Å². The second-order valence-electron chi connectivity index (χ2n) is 7.25. The van der Waals surface area contributed by atoms with E-state index in [4.69, 9.17) is 0 Å². The number of benzene rings is 2. The zero-order valence-electron chi connectivity index (χ0n) is 17.5. The minimum atomic E-state index is -0.236. The highest BCUT2D eigenvalue weighted by Crippen LogP contribution is 2.20. The van der Waals surface area contributed by atoms with Crippen molar-refractivity contribution in [3.63, 3.8) is 0 Å². The molecule has 0 bridgehead atoms. The van der Waals surface area contributed by atoms with Crippen LogP contribution in [0.5, 0.6) is 0 Å². The third kappa shape index (κ3) is 4.21. The number of anilines is 1. The SMILES string of the molecule is Cc1cccc(NC(=O)CN(C)C(=O)c2c(C)nn(-c3ccccc3)c2C)c1C. The number of aromatic nitrogens is 2. The van der Waals surface area contributed by atoms with E-state index in [1.807, 2.05) is 76.2 Å². The Morgan fingerprint density at radius 3 is 2.38 bits per heavy atom. The van der Waals surface area contributed by atoms with Crippen molar-refractivity contribution in [3.8, 4) is 5.69 Å². The number of carbonyl (C=O) groups excluding carboxylic acids is 2. The number of amides is 2. The van der Waals surface area contributed by atoms with E-state index in [9.17, 15) is 9.59 Å². The number of rotatable bonds is 5. The van der Waals surface area contributed by atoms with Crippen LogP contribution in [0.4, 0.5) is 5.69 Å². The Bertz CT molecular complexity index is 1050. The minimum Gasteiger partial charge on any atom is -0.332 e. The van der Waals surface area contributed by atoms with Crippen molar-refractivity contribution in [1.82, 2.24) is 14.7 Å². The van der Waals surface area contributed by atoms with Crippen molar-refractivity contribution in [3.05, 3.63) is 76.6 Å². The molecule has 0 spiro atoms. The number of nitrogens with one attached hydrogen (secondary N) is 1. The van der Waals surface area contributed by atoms with Gasteiger partial charge in [-0.15, -0.1) is 0 Å². The smallest absolute Gasteiger partial charge is 0.257 e. The molecule has 3 aromatic rings. The summed E-state index contributed by atoms with van der Waals surface area (Å²) in [6.07, 6.45) is 0. The maximum Gasteiger partial charge on any atom is 0.257 e. The number of nitrogens with zero attached hydrogens (tertiary/aromatic N) is 3. The van der Waals surface area contributed by atoms with Crippen LogP contribution in [0.1, 0.15) is 32.9 Å². The third-order valence-electron chi connectivity index (χ3n) is 5.11. The van der Waals surface area contributed by atoms with E-state index in [1.54, 1.807) is 11.7 Å². The minimum absolute atomic E-state index is 0.0401. The monoisotopic (exact) mass is 390 g/mol. The molecule has 6 heteroatoms. The van der Waals surface area contributed by atoms with Crippen LogP contribution < -0.4 is 5.32 Å². The molecule has 1 N–H and O–H groups in total. The molecule has 1 aromatic heterocycles. The summed E-state index contributed by atoms with van der Waals surface area (Å²) in [6, 6.07) is 15.4. The fraction of sp³-hybridized carbons (Fsp3) is 0.261. The van der Waals surface area contributed by atoms with Crippen molar-refractivity contribution >= 4 is 17.5 Å². The first-order chi connectivity index (χ1) is 13.8. The van der Waals surface area contributed by atoms with Gasteiger partial charge in [0.2, 0.25) is 5.91 Å². The molecule has 150 valence electrons. The van der Waals surface area contributed by atoms with E-state index >= 15 is 0 Å². The number of para-hydroxylation sites is 1. The summed E-state index contributed by atoms with van der Waals surface area (Å²) in [5, 5.41) is 7.42. The molecule has 3 rings (SSSR count). The predicted molar refractivity (Wildman–Crippen MR) is 115 cm³/mol. The van der Waals surface area contributed by atoms with Crippen LogP contribution in [0, 0.1) is 27.7 Å². The maximum atomic E-state index is 13.0. The second-order valence-corrected chi connectivity index (χ2v) is 7.25. The molecule has 0 radical (unpaired) electrons. The Morgan fingerprint density at radius 1 is 1.00 bits per heavy atom. The average Bonchev–Trinajstić information content (AvgIpc) is 2.99. The molecular formula is C23H26N4O2. The van der Waals surface area contributed by atoms with Gasteiger partial charge in [0.15, 0.2) is 0 Å². The van der Waals surface area contributed by atoms with Gasteiger partial charge in [-0.2, -0.15) is 5.10 Å². The summed E-state index contributed by atoms with van der Waals surface area (Å²) in [7, 11) is 1.63. The van der Waals surface area contributed by atoms with E-state index in [0.29, 0.717) is 11.3 Å². The third-order valence-corrected chi connectivity index (χ3v) is 5.11. The molecule has 0 atom stereocenters. The maximum absolute atomic E-state index is 13.0. The average molecular weight is 390 g/mol. The zero-order valence-corrected chi connectivity index (χ0v) is 17.5. The van der Waals surface area contributed by atoms with Gasteiger partial charge in [-0.3, -0.25) is 9.59 Å². The van der Waals surface area contributed by atoms with Gasteiger partial charge in [-0.05, 0) is 57.0 Å². The Balaban J connectivity index is 1.76. The second kappa shape index (κ2) is 8.31. The van der Waals surface area contributed by atoms with E-state index in [1.165, 1.54) is 4.90 Å². The topological polar surface area (TPSA) is 67.2 Å². The Morgan fingerprint density at radius 2 is 1.69 bits per heavy atom. The summed E-state index contributed by atoms with van der Waals surface area (Å²) in [5.41, 5.74) is 5.69. The van der Waals surface area contributed by atoms with Gasteiger partial charge in [-0.25, -0.2) is 4.68 Å². The Labute approximate surface area is 171 Å². The quantitative estimate of drug-likeness (QED) is 0.720. The van der Waals surface area contributed by atoms with Crippen LogP contribution in [-0.4, -0.2) is 40.1 Å². The van der Waals surface area contributed by atoms with E-state index in [0.717, 1.165) is 28.2 Å². The lowest BCUT2D eigenvalue weighted by molar-refractivity contribution is -0.116. The molecule has 2 amide bonds. The fourth-order valence-corrected chi connectivity index (χ4v) is 3.33. The molecule has 0 saturated heterocycles. The van der Waals surface area contributed by atoms with Gasteiger partial charge in [0, 0.05) is 12.7 Å². The first-order valence-corrected chi connectivity index (χ1v) is 9.52. The van der Waals surface area contributed by atoms with Gasteiger partial charge < -0.3 is 10.2 Å². The Kier molecular flexibility index (Phi) is 5.82. The van der Waals surface area contributed by atoms with Gasteiger partial charge in [0.05, 0.1) is 29.2 Å². The number of likely N-dealkylation sites (N-methyl/N-ethyl adjacent to an activating group) is 1. The first kappa shape index (κ1) is 20.3. The highest BCUT2D eigenvalue weighted by Gasteiger charge is 2.23. The van der Waals surface area contributed by atoms with Gasteiger partial charge >= 0.3 is 0 Å². The van der Waals surface area contributed by atoms with Crippen molar-refractivity contribution < 1.29 is 9.59 Å². The number of hydrogen-bond acceptors (Lipinski definition) is 3. The number of carbonyl (C=O) groups is 2. The van der Waals surface area contributed by atoms with Gasteiger partial charge in [0.1, 0.15) is 0 Å². The van der Waals surface area contributed by atoms with Gasteiger partial charge in [0.25, 0.3) is 5.91 Å². The van der Waals surface area contributed by atoms with Crippen LogP contribution in [0.3, 0.4) is 0 Å². The Hall–Kier alpha value is -3.41. The summed E-state index contributed by atoms with van der Waals surface area (Å²) in [5.74, 6) is -0.460. The number of hydrogen-bond donors (Lipinski definition) is 1. The molecule has 0 aliphatic heterocycles. The number of aryl methyl sites for hydroxylation is 2. The molecule has 0 aliphatic rings. The fourth-order valence-electron chi connectivity index (χ4n) is 3.33. The lowest BCUT2D eigenvalue weighted by Crippen LogP contribution is -2.35. The van der Waals surface area contributed by atoms with Crippen LogP contribution in [-0.2, 0) is 4.79 Å². The summed E-state index contributed by atoms with van der Waals surface area (Å²) >= 11 is 0. The van der Waals surface area contributed by atoms with Crippen molar-refractivity contribution in [2.75, 3.05) is 18.9 Å². The highest BCUT2D eigenvalue weighted by molar-refractivity contribution is 6.00. The molecule has 1 heterocycles. The normalized spacial score (nSPS) is 10.7. The van der Waals surface area contributed by atoms with Crippen LogP contribution in [0.2, 0.25) is 0 Å². The molecule has 0 fully saturated rings. The van der Waals surface area contributed by atoms with Crippen molar-refractivity contribution in [1.29, 1.82) is 0 Å². The lowest BCUT2D eigenvalue weighted by Gasteiger charge is -2.18. The molecule has 0 saturated carbocycles. The van der Waals surface area contributed by atoms with Crippen molar-refractivity contribution in [2.45, 2.75) is 27.7 Å². The highest BCUT2D eigenvalue weighted by atomic mass is 16.2. The summed E-state index contributed by atoms with van der Waals surface area (Å²) in [4.78, 5) is 26.9. The lowest BCUT2D eigenvalue weighted by atomic mass is 10.1. The predicted octanol–water partition coefficient (Wildman–Crippen LogP) is 3.82. The van der Waals surface area contributed by atoms with Gasteiger partial charge in [-0.1, -0.05) is 30.3 Å². The summed E-state index contributed by atoms with van der Waals surface area (Å²) < 4.78 is 1.76. The molecule has 6 nitrogen and oxygen atoms in total. The van der Waals surface area contributed by atoms with Crippen LogP contribution in [0.25, 0.3) is 5.69 Å². The van der Waals surface area contributed by atoms with E-state index in [-0.39, 0.29) is 18.4 Å². The zero-order chi connectivity index (χ0) is 21.1. The molecule has 0 aliphatic carbocycles. The first-order valence-electron chi connectivity index (χ1n) is 9.52. The van der Waals surface area contributed by atoms with E-state index < -0.39 is 0 Å². The largest absolute Gasteiger partial charge is 0.332 e. The van der Waals surface area contributed by atoms with E-state index in [2.05, 4.69) is 10.4 Å².